The van der Waals surface area contributed by atoms with Crippen LogP contribution in [-0.2, 0) is 0 Å². The SMILES string of the molecule is Cc1ccc(N)c(C(=O)c2cc(Br)sc2Br)c1. The summed E-state index contributed by atoms with van der Waals surface area (Å²) < 4.78 is 1.73. The zero-order valence-electron chi connectivity index (χ0n) is 8.96. The number of nitrogen functional groups attached to an aromatic ring is 1. The summed E-state index contributed by atoms with van der Waals surface area (Å²) in [5.41, 5.74) is 8.56. The lowest BCUT2D eigenvalue weighted by atomic mass is 10.0. The van der Waals surface area contributed by atoms with Crippen molar-refractivity contribution in [1.82, 2.24) is 0 Å². The Morgan fingerprint density at radius 1 is 1.24 bits per heavy atom. The molecule has 2 aromatic rings. The number of nitrogens with two attached hydrogens (primary N) is 1. The fourth-order valence-electron chi connectivity index (χ4n) is 1.51. The van der Waals surface area contributed by atoms with Gasteiger partial charge in [0.2, 0.25) is 0 Å². The minimum absolute atomic E-state index is 0.0555. The van der Waals surface area contributed by atoms with E-state index in [1.807, 2.05) is 19.1 Å². The number of ketones is 1. The maximum atomic E-state index is 12.3. The number of aryl methyl sites for hydroxylation is 1. The second kappa shape index (κ2) is 4.92. The molecule has 17 heavy (non-hydrogen) atoms. The van der Waals surface area contributed by atoms with E-state index in [0.717, 1.165) is 13.1 Å². The highest BCUT2D eigenvalue weighted by atomic mass is 79.9. The molecule has 2 N–H and O–H groups in total. The predicted molar refractivity (Wildman–Crippen MR) is 78.7 cm³/mol. The lowest BCUT2D eigenvalue weighted by Crippen LogP contribution is -2.05. The summed E-state index contributed by atoms with van der Waals surface area (Å²) in [5, 5.41) is 0. The van der Waals surface area contributed by atoms with Gasteiger partial charge in [-0.1, -0.05) is 11.6 Å². The lowest BCUT2D eigenvalue weighted by molar-refractivity contribution is 0.103. The van der Waals surface area contributed by atoms with Crippen molar-refractivity contribution in [2.75, 3.05) is 5.73 Å². The molecule has 5 heteroatoms. The zero-order chi connectivity index (χ0) is 12.6. The molecule has 0 aliphatic rings. The Kier molecular flexibility index (Phi) is 3.70. The highest BCUT2D eigenvalue weighted by Gasteiger charge is 2.17. The van der Waals surface area contributed by atoms with Crippen molar-refractivity contribution in [3.8, 4) is 0 Å². The highest BCUT2D eigenvalue weighted by Crippen LogP contribution is 2.34. The highest BCUT2D eigenvalue weighted by molar-refractivity contribution is 9.12. The summed E-state index contributed by atoms with van der Waals surface area (Å²) in [6.45, 7) is 1.94. The maximum absolute atomic E-state index is 12.3. The number of carbonyl (C=O) groups is 1. The molecule has 1 heterocycles. The first-order valence-electron chi connectivity index (χ1n) is 4.84. The van der Waals surface area contributed by atoms with Crippen LogP contribution in [0.2, 0.25) is 0 Å². The van der Waals surface area contributed by atoms with Gasteiger partial charge in [-0.3, -0.25) is 4.79 Å². The van der Waals surface area contributed by atoms with Crippen LogP contribution in [0.25, 0.3) is 0 Å². The Balaban J connectivity index is 2.50. The van der Waals surface area contributed by atoms with Gasteiger partial charge in [-0.15, -0.1) is 11.3 Å². The van der Waals surface area contributed by atoms with E-state index in [1.54, 1.807) is 12.1 Å². The van der Waals surface area contributed by atoms with Crippen LogP contribution >= 0.6 is 43.2 Å². The number of hydrogen-bond acceptors (Lipinski definition) is 3. The van der Waals surface area contributed by atoms with Crippen LogP contribution < -0.4 is 5.73 Å². The topological polar surface area (TPSA) is 43.1 Å². The third-order valence-electron chi connectivity index (χ3n) is 2.35. The normalized spacial score (nSPS) is 10.5. The van der Waals surface area contributed by atoms with Crippen molar-refractivity contribution in [2.45, 2.75) is 6.92 Å². The van der Waals surface area contributed by atoms with Crippen LogP contribution in [0.15, 0.2) is 31.8 Å². The molecule has 88 valence electrons. The number of anilines is 1. The summed E-state index contributed by atoms with van der Waals surface area (Å²) in [5.74, 6) is -0.0555. The van der Waals surface area contributed by atoms with Gasteiger partial charge in [0, 0.05) is 16.8 Å². The van der Waals surface area contributed by atoms with Gasteiger partial charge in [0.25, 0.3) is 0 Å². The molecule has 0 atom stereocenters. The average molecular weight is 375 g/mol. The van der Waals surface area contributed by atoms with Gasteiger partial charge in [0.05, 0.1) is 7.57 Å². The summed E-state index contributed by atoms with van der Waals surface area (Å²) in [4.78, 5) is 12.3. The molecule has 0 saturated carbocycles. The molecular formula is C12H9Br2NOS. The molecule has 0 aliphatic carbocycles. The molecule has 0 amide bonds. The number of carbonyl (C=O) groups excluding carboxylic acids is 1. The van der Waals surface area contributed by atoms with Crippen LogP contribution in [0.1, 0.15) is 21.5 Å². The Bertz CT molecular complexity index is 592. The Morgan fingerprint density at radius 2 is 1.94 bits per heavy atom. The minimum atomic E-state index is -0.0555. The summed E-state index contributed by atoms with van der Waals surface area (Å²) in [6.07, 6.45) is 0. The van der Waals surface area contributed by atoms with Gasteiger partial charge in [0.1, 0.15) is 0 Å². The fraction of sp³-hybridized carbons (Fsp3) is 0.0833. The van der Waals surface area contributed by atoms with Crippen molar-refractivity contribution in [2.24, 2.45) is 0 Å². The number of rotatable bonds is 2. The molecule has 2 rings (SSSR count). The summed E-state index contributed by atoms with van der Waals surface area (Å²) >= 11 is 8.22. The largest absolute Gasteiger partial charge is 0.398 e. The molecule has 0 spiro atoms. The molecule has 0 unspecified atom stereocenters. The minimum Gasteiger partial charge on any atom is -0.398 e. The number of hydrogen-bond donors (Lipinski definition) is 1. The molecule has 2 nitrogen and oxygen atoms in total. The zero-order valence-corrected chi connectivity index (χ0v) is 12.9. The van der Waals surface area contributed by atoms with Crippen LogP contribution in [-0.4, -0.2) is 5.78 Å². The van der Waals surface area contributed by atoms with E-state index < -0.39 is 0 Å². The molecule has 0 fully saturated rings. The van der Waals surface area contributed by atoms with E-state index in [9.17, 15) is 4.79 Å². The third kappa shape index (κ3) is 2.61. The summed E-state index contributed by atoms with van der Waals surface area (Å²) in [6, 6.07) is 7.27. The molecule has 0 bridgehead atoms. The van der Waals surface area contributed by atoms with Gasteiger partial charge in [0.15, 0.2) is 5.78 Å². The van der Waals surface area contributed by atoms with Gasteiger partial charge >= 0.3 is 0 Å². The smallest absolute Gasteiger partial charge is 0.197 e. The first-order valence-corrected chi connectivity index (χ1v) is 7.25. The van der Waals surface area contributed by atoms with Crippen LogP contribution in [0.4, 0.5) is 5.69 Å². The molecule has 1 aromatic carbocycles. The molecule has 0 aliphatic heterocycles. The van der Waals surface area contributed by atoms with Crippen molar-refractivity contribution >= 4 is 54.7 Å². The van der Waals surface area contributed by atoms with Crippen molar-refractivity contribution in [3.63, 3.8) is 0 Å². The number of thiophene rings is 1. The van der Waals surface area contributed by atoms with Gasteiger partial charge in [-0.25, -0.2) is 0 Å². The quantitative estimate of drug-likeness (QED) is 0.625. The first kappa shape index (κ1) is 12.8. The molecular weight excluding hydrogens is 366 g/mol. The van der Waals surface area contributed by atoms with Gasteiger partial charge in [-0.05, 0) is 57.0 Å². The van der Waals surface area contributed by atoms with E-state index in [-0.39, 0.29) is 5.78 Å². The number of halogens is 2. The second-order valence-corrected chi connectivity index (χ2v) is 7.41. The average Bonchev–Trinajstić information content (AvgIpc) is 2.60. The fourth-order valence-corrected chi connectivity index (χ4v) is 4.30. The van der Waals surface area contributed by atoms with E-state index in [1.165, 1.54) is 11.3 Å². The Morgan fingerprint density at radius 3 is 2.53 bits per heavy atom. The first-order chi connectivity index (χ1) is 7.99. The van der Waals surface area contributed by atoms with Crippen molar-refractivity contribution in [3.05, 3.63) is 48.5 Å². The summed E-state index contributed by atoms with van der Waals surface area (Å²) in [7, 11) is 0. The van der Waals surface area contributed by atoms with Crippen LogP contribution in [0, 0.1) is 6.92 Å². The van der Waals surface area contributed by atoms with Crippen LogP contribution in [0.5, 0.6) is 0 Å². The molecule has 1 aromatic heterocycles. The lowest BCUT2D eigenvalue weighted by Gasteiger charge is -2.05. The van der Waals surface area contributed by atoms with E-state index >= 15 is 0 Å². The molecule has 0 saturated heterocycles. The van der Waals surface area contributed by atoms with Crippen LogP contribution in [0.3, 0.4) is 0 Å². The van der Waals surface area contributed by atoms with Gasteiger partial charge in [-0.2, -0.15) is 0 Å². The molecule has 0 radical (unpaired) electrons. The number of benzene rings is 1. The van der Waals surface area contributed by atoms with E-state index in [4.69, 9.17) is 5.73 Å². The van der Waals surface area contributed by atoms with Crippen molar-refractivity contribution < 1.29 is 4.79 Å². The van der Waals surface area contributed by atoms with E-state index in [2.05, 4.69) is 31.9 Å². The van der Waals surface area contributed by atoms with Gasteiger partial charge < -0.3 is 5.73 Å². The maximum Gasteiger partial charge on any atom is 0.197 e. The Hall–Kier alpha value is -0.650. The monoisotopic (exact) mass is 373 g/mol. The predicted octanol–water partition coefficient (Wildman–Crippen LogP) is 4.39. The second-order valence-electron chi connectivity index (χ2n) is 3.66. The Labute approximate surface area is 120 Å². The van der Waals surface area contributed by atoms with Crippen molar-refractivity contribution in [1.29, 1.82) is 0 Å². The standard InChI is InChI=1S/C12H9Br2NOS/c1-6-2-3-9(15)7(4-6)11(16)8-5-10(13)17-12(8)14/h2-5H,15H2,1H3. The van der Waals surface area contributed by atoms with E-state index in [0.29, 0.717) is 16.8 Å². The third-order valence-corrected chi connectivity index (χ3v) is 4.69.